The van der Waals surface area contributed by atoms with Gasteiger partial charge in [0.2, 0.25) is 23.4 Å². The van der Waals surface area contributed by atoms with E-state index in [0.717, 1.165) is 25.8 Å². The number of hydrogen-bond donors (Lipinski definition) is 1. The molecule has 54 heavy (non-hydrogen) atoms. The molecule has 280 valence electrons. The second-order valence-electron chi connectivity index (χ2n) is 15.6. The summed E-state index contributed by atoms with van der Waals surface area (Å²) >= 11 is 0. The number of amides is 3. The third-order valence-electron chi connectivity index (χ3n) is 11.5. The van der Waals surface area contributed by atoms with Gasteiger partial charge in [0.25, 0.3) is 0 Å². The summed E-state index contributed by atoms with van der Waals surface area (Å²) in [6, 6.07) is 26.3. The quantitative estimate of drug-likeness (QED) is 0.0886. The smallest absolute Gasteiger partial charge is 0.229 e. The summed E-state index contributed by atoms with van der Waals surface area (Å²) in [7, 11) is 2.17. The Bertz CT molecular complexity index is 2230. The number of anilines is 1. The number of carbonyl (C=O) groups is 3. The lowest BCUT2D eigenvalue weighted by atomic mass is 9.79. The lowest BCUT2D eigenvalue weighted by molar-refractivity contribution is -0.401. The van der Waals surface area contributed by atoms with Gasteiger partial charge in [0.15, 0.2) is 5.71 Å². The van der Waals surface area contributed by atoms with Gasteiger partial charge in [-0.1, -0.05) is 93.1 Å². The first kappa shape index (κ1) is 38.7. The monoisotopic (exact) mass is 742 g/mol. The summed E-state index contributed by atoms with van der Waals surface area (Å²) in [5.74, 6) is -0.335. The van der Waals surface area contributed by atoms with E-state index in [9.17, 15) is 14.4 Å². The van der Waals surface area contributed by atoms with Gasteiger partial charge in [-0.2, -0.15) is 4.58 Å². The molecule has 0 spiro atoms. The fourth-order valence-electron chi connectivity index (χ4n) is 8.83. The molecule has 8 heteroatoms. The molecule has 4 aromatic rings. The average molecular weight is 743 g/mol. The predicted molar refractivity (Wildman–Crippen MR) is 216 cm³/mol. The highest BCUT2D eigenvalue weighted by Gasteiger charge is 2.44. The van der Waals surface area contributed by atoms with Crippen molar-refractivity contribution in [1.29, 1.82) is 0 Å². The standard InChI is InChI=1S/C46H50N4O3.ClH/c1-45(2)38(48(5)36-25-23-32-16-11-13-18-34(32)43(36)45)20-8-6-9-21-39-46(3,4)44-35-19-14-12-17-33(35)24-26-37(44)49(39)30-15-7-10-22-40(51)47-29-31-50-41(52)27-28-42(50)53;/h6,8-9,11-14,16-21,23-26H,7,10,15,22,27-31H2,1-5H3;1H. The van der Waals surface area contributed by atoms with Crippen LogP contribution in [0, 0.1) is 0 Å². The lowest BCUT2D eigenvalue weighted by Gasteiger charge is -2.27. The minimum atomic E-state index is -0.201. The van der Waals surface area contributed by atoms with Crippen molar-refractivity contribution in [3.8, 4) is 0 Å². The Morgan fingerprint density at radius 2 is 1.39 bits per heavy atom. The zero-order chi connectivity index (χ0) is 37.3. The number of allylic oxidation sites excluding steroid dienone is 6. The molecule has 7 rings (SSSR count). The first-order valence-corrected chi connectivity index (χ1v) is 19.1. The molecule has 7 nitrogen and oxygen atoms in total. The molecule has 1 fully saturated rings. The number of rotatable bonds is 12. The molecule has 0 atom stereocenters. The van der Waals surface area contributed by atoms with Crippen molar-refractivity contribution in [3.63, 3.8) is 0 Å². The van der Waals surface area contributed by atoms with Crippen LogP contribution in [0.4, 0.5) is 11.4 Å². The van der Waals surface area contributed by atoms with Gasteiger partial charge in [0.05, 0.1) is 5.41 Å². The minimum absolute atomic E-state index is 0. The van der Waals surface area contributed by atoms with E-state index in [-0.39, 0.29) is 60.3 Å². The molecule has 0 aromatic heterocycles. The topological polar surface area (TPSA) is 72.7 Å². The van der Waals surface area contributed by atoms with Gasteiger partial charge >= 0.3 is 0 Å². The van der Waals surface area contributed by atoms with Crippen LogP contribution in [0.2, 0.25) is 0 Å². The number of nitrogens with one attached hydrogen (secondary N) is 1. The summed E-state index contributed by atoms with van der Waals surface area (Å²) in [5.41, 5.74) is 7.46. The van der Waals surface area contributed by atoms with Crippen LogP contribution in [0.5, 0.6) is 0 Å². The summed E-state index contributed by atoms with van der Waals surface area (Å²) in [5, 5.41) is 8.00. The maximum Gasteiger partial charge on any atom is 0.229 e. The summed E-state index contributed by atoms with van der Waals surface area (Å²) in [6.07, 6.45) is 14.6. The molecule has 0 aliphatic carbocycles. The van der Waals surface area contributed by atoms with E-state index in [2.05, 4.69) is 153 Å². The second kappa shape index (κ2) is 15.8. The Kier molecular flexibility index (Phi) is 11.3. The number of fused-ring (bicyclic) bond motifs is 6. The van der Waals surface area contributed by atoms with Crippen molar-refractivity contribution in [2.75, 3.05) is 31.6 Å². The van der Waals surface area contributed by atoms with E-state index >= 15 is 0 Å². The van der Waals surface area contributed by atoms with Crippen LogP contribution >= 0.6 is 0 Å². The van der Waals surface area contributed by atoms with Crippen molar-refractivity contribution in [2.24, 2.45) is 0 Å². The molecule has 1 saturated heterocycles. The molecule has 1 N–H and O–H groups in total. The number of benzene rings is 4. The van der Waals surface area contributed by atoms with Gasteiger partial charge in [-0.25, -0.2) is 0 Å². The number of unbranched alkanes of at least 4 members (excludes halogenated alkanes) is 2. The minimum Gasteiger partial charge on any atom is -1.00 e. The molecule has 0 bridgehead atoms. The number of carbonyl (C=O) groups excluding carboxylic acids is 3. The maximum absolute atomic E-state index is 12.5. The highest BCUT2D eigenvalue weighted by molar-refractivity contribution is 6.07. The first-order valence-electron chi connectivity index (χ1n) is 19.1. The molecular formula is C46H51ClN4O3. The highest BCUT2D eigenvalue weighted by atomic mass is 35.5. The van der Waals surface area contributed by atoms with E-state index < -0.39 is 0 Å². The number of likely N-dealkylation sites (tertiary alicyclic amines) is 1. The zero-order valence-corrected chi connectivity index (χ0v) is 32.9. The van der Waals surface area contributed by atoms with Gasteiger partial charge in [0.1, 0.15) is 7.05 Å². The Morgan fingerprint density at radius 3 is 2.09 bits per heavy atom. The largest absolute Gasteiger partial charge is 1.00 e. The van der Waals surface area contributed by atoms with Crippen LogP contribution in [0.1, 0.15) is 77.3 Å². The fourth-order valence-corrected chi connectivity index (χ4v) is 8.83. The predicted octanol–water partition coefficient (Wildman–Crippen LogP) is 5.62. The lowest BCUT2D eigenvalue weighted by Crippen LogP contribution is -3.00. The number of imide groups is 1. The van der Waals surface area contributed by atoms with E-state index in [4.69, 9.17) is 0 Å². The van der Waals surface area contributed by atoms with E-state index in [1.165, 1.54) is 60.4 Å². The van der Waals surface area contributed by atoms with E-state index in [1.54, 1.807) is 0 Å². The first-order chi connectivity index (χ1) is 25.5. The Morgan fingerprint density at radius 1 is 0.741 bits per heavy atom. The van der Waals surface area contributed by atoms with Crippen molar-refractivity contribution in [2.45, 2.75) is 77.0 Å². The Hall–Kier alpha value is -5.01. The van der Waals surface area contributed by atoms with Crippen molar-refractivity contribution in [3.05, 3.63) is 120 Å². The normalized spacial score (nSPS) is 18.1. The molecule has 3 amide bonds. The van der Waals surface area contributed by atoms with Gasteiger partial charge in [-0.05, 0) is 72.0 Å². The molecule has 0 radical (unpaired) electrons. The number of hydrogen-bond acceptors (Lipinski definition) is 4. The van der Waals surface area contributed by atoms with Crippen LogP contribution in [0.25, 0.3) is 21.5 Å². The van der Waals surface area contributed by atoms with Gasteiger partial charge < -0.3 is 22.6 Å². The SMILES string of the molecule is C[N+]1=C(/C=C/C=C/C=C2N(CCCCCC(=O)NCCN3C(=O)CCC3=O)c3ccc4ccccc4c3C2(C)C)C(C)(C)c2c1ccc1ccccc21.[Cl-]. The molecule has 3 heterocycles. The maximum atomic E-state index is 12.5. The Labute approximate surface area is 325 Å². The van der Waals surface area contributed by atoms with Crippen molar-refractivity contribution in [1.82, 2.24) is 10.2 Å². The zero-order valence-electron chi connectivity index (χ0n) is 32.1. The van der Waals surface area contributed by atoms with Crippen LogP contribution in [-0.4, -0.2) is 59.6 Å². The van der Waals surface area contributed by atoms with Gasteiger partial charge in [-0.15, -0.1) is 0 Å². The van der Waals surface area contributed by atoms with Crippen LogP contribution < -0.4 is 22.6 Å². The molecule has 0 saturated carbocycles. The summed E-state index contributed by atoms with van der Waals surface area (Å²) in [4.78, 5) is 39.9. The third-order valence-corrected chi connectivity index (χ3v) is 11.5. The van der Waals surface area contributed by atoms with Crippen LogP contribution in [0.3, 0.4) is 0 Å². The van der Waals surface area contributed by atoms with Crippen LogP contribution in [0.15, 0.2) is 109 Å². The van der Waals surface area contributed by atoms with Crippen molar-refractivity contribution < 1.29 is 31.4 Å². The molecule has 4 aromatic carbocycles. The number of halogens is 1. The molecule has 3 aliphatic rings. The second-order valence-corrected chi connectivity index (χ2v) is 15.6. The Balaban J connectivity index is 0.00000497. The van der Waals surface area contributed by atoms with Crippen LogP contribution in [-0.2, 0) is 25.2 Å². The van der Waals surface area contributed by atoms with Crippen molar-refractivity contribution >= 4 is 56.4 Å². The van der Waals surface area contributed by atoms with Gasteiger partial charge in [0, 0.05) is 73.4 Å². The molecular weight excluding hydrogens is 692 g/mol. The molecule has 3 aliphatic heterocycles. The summed E-state index contributed by atoms with van der Waals surface area (Å²) < 4.78 is 2.33. The van der Waals surface area contributed by atoms with E-state index in [1.807, 2.05) is 0 Å². The summed E-state index contributed by atoms with van der Waals surface area (Å²) in [6.45, 7) is 10.7. The molecule has 0 unspecified atom stereocenters. The van der Waals surface area contributed by atoms with Gasteiger partial charge in [-0.3, -0.25) is 19.3 Å². The number of nitrogens with zero attached hydrogens (tertiary/aromatic N) is 3. The fraction of sp³-hybridized carbons (Fsp3) is 0.348. The average Bonchev–Trinajstić information content (AvgIpc) is 3.66. The van der Waals surface area contributed by atoms with E-state index in [0.29, 0.717) is 13.0 Å². The highest BCUT2D eigenvalue weighted by Crippen LogP contribution is 2.51. The third kappa shape index (κ3) is 7.14.